The summed E-state index contributed by atoms with van der Waals surface area (Å²) in [5, 5.41) is 13.0. The molecule has 10 nitrogen and oxygen atoms in total. The minimum absolute atomic E-state index is 0.00449. The zero-order valence-electron chi connectivity index (χ0n) is 26.7. The number of hydrogen-bond donors (Lipinski definition) is 2. The second kappa shape index (κ2) is 15.0. The summed E-state index contributed by atoms with van der Waals surface area (Å²) in [6, 6.07) is 3.64. The van der Waals surface area contributed by atoms with Crippen LogP contribution in [0.5, 0.6) is 0 Å². The van der Waals surface area contributed by atoms with Crippen LogP contribution in [0.25, 0.3) is 6.08 Å². The van der Waals surface area contributed by atoms with Gasteiger partial charge in [0.1, 0.15) is 11.4 Å². The highest BCUT2D eigenvalue weighted by Gasteiger charge is 2.48. The van der Waals surface area contributed by atoms with E-state index >= 15 is 0 Å². The van der Waals surface area contributed by atoms with Gasteiger partial charge in [-0.2, -0.15) is 17.5 Å². The SMILES string of the molecule is CC(=O)N(CCOCCO)c1cc(C)c(/C=C/S(=O)(=O)N2CCC3(CC2)N=C(C2CCC(CCC(F)(F)F)CC2)NC3=O)c(C)c1. The van der Waals surface area contributed by atoms with Crippen LogP contribution in [0, 0.1) is 25.7 Å². The average Bonchev–Trinajstić information content (AvgIpc) is 3.30. The summed E-state index contributed by atoms with van der Waals surface area (Å²) in [6.07, 6.45) is -0.0702. The highest BCUT2D eigenvalue weighted by molar-refractivity contribution is 7.92. The summed E-state index contributed by atoms with van der Waals surface area (Å²) in [5.74, 6) is 0.204. The molecule has 1 aliphatic carbocycles. The molecule has 1 aromatic carbocycles. The number of amides is 2. The topological polar surface area (TPSA) is 129 Å². The molecule has 3 aliphatic rings. The monoisotopic (exact) mass is 670 g/mol. The number of aryl methyl sites for hydroxylation is 2. The number of aliphatic hydroxyl groups excluding tert-OH is 1. The maximum atomic E-state index is 13.3. The molecule has 2 fully saturated rings. The largest absolute Gasteiger partial charge is 0.394 e. The van der Waals surface area contributed by atoms with Crippen LogP contribution in [-0.4, -0.2) is 86.6 Å². The van der Waals surface area contributed by atoms with Gasteiger partial charge in [0, 0.05) is 50.0 Å². The lowest BCUT2D eigenvalue weighted by Crippen LogP contribution is -2.50. The van der Waals surface area contributed by atoms with Crippen LogP contribution < -0.4 is 10.2 Å². The van der Waals surface area contributed by atoms with E-state index in [0.29, 0.717) is 43.8 Å². The number of nitrogens with one attached hydrogen (secondary N) is 1. The molecule has 4 rings (SSSR count). The molecule has 1 saturated carbocycles. The number of aliphatic hydroxyl groups is 1. The Bertz CT molecular complexity index is 1410. The van der Waals surface area contributed by atoms with Gasteiger partial charge in [0.25, 0.3) is 5.91 Å². The second-order valence-electron chi connectivity index (χ2n) is 12.6. The fraction of sp³-hybridized carbons (Fsp3) is 0.656. The van der Waals surface area contributed by atoms with E-state index in [2.05, 4.69) is 5.32 Å². The summed E-state index contributed by atoms with van der Waals surface area (Å²) >= 11 is 0. The van der Waals surface area contributed by atoms with Crippen LogP contribution in [0.1, 0.15) is 75.0 Å². The molecule has 46 heavy (non-hydrogen) atoms. The van der Waals surface area contributed by atoms with Crippen molar-refractivity contribution in [2.24, 2.45) is 16.8 Å². The normalized spacial score (nSPS) is 22.3. The number of amidine groups is 1. The molecule has 0 bridgehead atoms. The van der Waals surface area contributed by atoms with Crippen LogP contribution >= 0.6 is 0 Å². The van der Waals surface area contributed by atoms with Crippen molar-refractivity contribution >= 4 is 39.4 Å². The Labute approximate surface area is 269 Å². The maximum absolute atomic E-state index is 13.3. The van der Waals surface area contributed by atoms with E-state index in [-0.39, 0.29) is 75.8 Å². The molecule has 1 spiro atoms. The third kappa shape index (κ3) is 8.96. The van der Waals surface area contributed by atoms with Crippen LogP contribution in [0.15, 0.2) is 22.5 Å². The Balaban J connectivity index is 1.36. The maximum Gasteiger partial charge on any atom is 0.389 e. The van der Waals surface area contributed by atoms with Gasteiger partial charge < -0.3 is 20.1 Å². The van der Waals surface area contributed by atoms with Crippen molar-refractivity contribution in [1.82, 2.24) is 9.62 Å². The van der Waals surface area contributed by atoms with Gasteiger partial charge in [0.15, 0.2) is 0 Å². The summed E-state index contributed by atoms with van der Waals surface area (Å²) in [4.78, 5) is 31.7. The lowest BCUT2D eigenvalue weighted by Gasteiger charge is -2.34. The molecule has 1 saturated heterocycles. The van der Waals surface area contributed by atoms with E-state index in [1.54, 1.807) is 11.0 Å². The zero-order chi connectivity index (χ0) is 33.7. The molecule has 14 heteroatoms. The van der Waals surface area contributed by atoms with Gasteiger partial charge in [-0.25, -0.2) is 8.42 Å². The van der Waals surface area contributed by atoms with Gasteiger partial charge in [0.2, 0.25) is 15.9 Å². The fourth-order valence-corrected chi connectivity index (χ4v) is 7.85. The average molecular weight is 671 g/mol. The predicted octanol–water partition coefficient (Wildman–Crippen LogP) is 4.48. The Morgan fingerprint density at radius 2 is 1.78 bits per heavy atom. The van der Waals surface area contributed by atoms with Gasteiger partial charge in [0.05, 0.1) is 19.8 Å². The number of hydrogen-bond acceptors (Lipinski definition) is 7. The van der Waals surface area contributed by atoms with Gasteiger partial charge in [-0.1, -0.05) is 0 Å². The van der Waals surface area contributed by atoms with E-state index in [9.17, 15) is 31.2 Å². The Morgan fingerprint density at radius 3 is 2.35 bits per heavy atom. The number of piperidine rings is 1. The first-order chi connectivity index (χ1) is 21.6. The molecule has 2 amide bonds. The van der Waals surface area contributed by atoms with Crippen molar-refractivity contribution in [3.63, 3.8) is 0 Å². The second-order valence-corrected chi connectivity index (χ2v) is 14.4. The molecular formula is C32H45F3N4O6S. The minimum Gasteiger partial charge on any atom is -0.394 e. The number of nitrogens with zero attached hydrogens (tertiary/aromatic N) is 3. The van der Waals surface area contributed by atoms with Crippen molar-refractivity contribution in [2.45, 2.75) is 83.9 Å². The molecular weight excluding hydrogens is 625 g/mol. The molecule has 2 heterocycles. The lowest BCUT2D eigenvalue weighted by atomic mass is 9.79. The van der Waals surface area contributed by atoms with Gasteiger partial charge in [-0.3, -0.25) is 14.6 Å². The Morgan fingerprint density at radius 1 is 1.15 bits per heavy atom. The van der Waals surface area contributed by atoms with E-state index < -0.39 is 28.2 Å². The van der Waals surface area contributed by atoms with Crippen molar-refractivity contribution in [3.8, 4) is 0 Å². The quantitative estimate of drug-likeness (QED) is 0.316. The third-order valence-electron chi connectivity index (χ3n) is 9.35. The molecule has 0 unspecified atom stereocenters. The summed E-state index contributed by atoms with van der Waals surface area (Å²) < 4.78 is 71.1. The molecule has 256 valence electrons. The third-order valence-corrected chi connectivity index (χ3v) is 10.9. The van der Waals surface area contributed by atoms with E-state index in [1.165, 1.54) is 16.6 Å². The first-order valence-corrected chi connectivity index (χ1v) is 17.4. The molecule has 0 radical (unpaired) electrons. The number of carbonyl (C=O) groups excluding carboxylic acids is 2. The minimum atomic E-state index is -4.15. The molecule has 2 N–H and O–H groups in total. The van der Waals surface area contributed by atoms with Crippen molar-refractivity contribution in [3.05, 3.63) is 34.2 Å². The fourth-order valence-electron chi connectivity index (χ4n) is 6.68. The molecule has 0 atom stereocenters. The zero-order valence-corrected chi connectivity index (χ0v) is 27.6. The number of halogens is 3. The van der Waals surface area contributed by atoms with Gasteiger partial charge in [-0.05, 0) is 99.6 Å². The number of sulfonamides is 1. The number of alkyl halides is 3. The van der Waals surface area contributed by atoms with E-state index in [0.717, 1.165) is 16.7 Å². The van der Waals surface area contributed by atoms with Crippen LogP contribution in [0.4, 0.5) is 18.9 Å². The van der Waals surface area contributed by atoms with Crippen LogP contribution in [-0.2, 0) is 24.3 Å². The number of rotatable bonds is 12. The summed E-state index contributed by atoms with van der Waals surface area (Å²) in [5.41, 5.74) is 1.95. The first kappa shape index (κ1) is 36.0. The lowest BCUT2D eigenvalue weighted by molar-refractivity contribution is -0.138. The molecule has 1 aromatic rings. The first-order valence-electron chi connectivity index (χ1n) is 15.9. The smallest absolute Gasteiger partial charge is 0.389 e. The Kier molecular flexibility index (Phi) is 11.7. The summed E-state index contributed by atoms with van der Waals surface area (Å²) in [7, 11) is -3.80. The van der Waals surface area contributed by atoms with E-state index in [4.69, 9.17) is 14.8 Å². The van der Waals surface area contributed by atoms with Crippen LogP contribution in [0.3, 0.4) is 0 Å². The predicted molar refractivity (Wildman–Crippen MR) is 170 cm³/mol. The number of carbonyl (C=O) groups is 2. The van der Waals surface area contributed by atoms with Crippen LogP contribution in [0.2, 0.25) is 0 Å². The standard InChI is InChI=1S/C32H45F3N4O6S/c1-22-20-27(39(24(3)41)15-17-45-18-16-40)21-23(2)28(22)9-19-46(43,44)38-13-11-31(12-14-38)30(42)36-29(37-31)26-6-4-25(5-7-26)8-10-32(33,34)35/h9,19-21,25-26,40H,4-8,10-18H2,1-3H3,(H,36,37,42)/b19-9+. The van der Waals surface area contributed by atoms with E-state index in [1.807, 2.05) is 26.0 Å². The van der Waals surface area contributed by atoms with Gasteiger partial charge >= 0.3 is 6.18 Å². The molecule has 2 aliphatic heterocycles. The number of aliphatic imine (C=N–C) groups is 1. The number of anilines is 1. The van der Waals surface area contributed by atoms with Crippen molar-refractivity contribution < 1.29 is 41.0 Å². The summed E-state index contributed by atoms with van der Waals surface area (Å²) in [6.45, 7) is 6.05. The van der Waals surface area contributed by atoms with Gasteiger partial charge in [-0.15, -0.1) is 0 Å². The van der Waals surface area contributed by atoms with Crippen molar-refractivity contribution in [1.29, 1.82) is 0 Å². The highest BCUT2D eigenvalue weighted by Crippen LogP contribution is 2.38. The van der Waals surface area contributed by atoms with Crippen molar-refractivity contribution in [2.75, 3.05) is 44.4 Å². The number of benzene rings is 1. The Hall–Kier alpha value is -2.81. The molecule has 0 aromatic heterocycles. The number of ether oxygens (including phenoxy) is 1. The highest BCUT2D eigenvalue weighted by atomic mass is 32.2.